The van der Waals surface area contributed by atoms with Crippen molar-refractivity contribution in [2.75, 3.05) is 26.7 Å². The third-order valence-electron chi connectivity index (χ3n) is 3.09. The molecule has 0 saturated heterocycles. The predicted molar refractivity (Wildman–Crippen MR) is 74.6 cm³/mol. The molecule has 0 aliphatic rings. The number of nitrogens with zero attached hydrogens (tertiary/aromatic N) is 2. The number of hydrogen-bond acceptors (Lipinski definition) is 4. The van der Waals surface area contributed by atoms with Crippen molar-refractivity contribution in [1.82, 2.24) is 9.88 Å². The summed E-state index contributed by atoms with van der Waals surface area (Å²) in [7, 11) is 1.66. The minimum Gasteiger partial charge on any atom is -0.481 e. The zero-order valence-corrected chi connectivity index (χ0v) is 11.9. The lowest BCUT2D eigenvalue weighted by atomic mass is 9.93. The van der Waals surface area contributed by atoms with E-state index in [0.29, 0.717) is 12.4 Å². The van der Waals surface area contributed by atoms with Gasteiger partial charge in [-0.3, -0.25) is 4.90 Å². The van der Waals surface area contributed by atoms with Crippen molar-refractivity contribution >= 4 is 0 Å². The summed E-state index contributed by atoms with van der Waals surface area (Å²) in [5.41, 5.74) is 7.05. The molecule has 0 spiro atoms. The number of ether oxygens (including phenoxy) is 1. The molecule has 1 aromatic heterocycles. The van der Waals surface area contributed by atoms with Gasteiger partial charge in [0.25, 0.3) is 0 Å². The number of pyridine rings is 1. The van der Waals surface area contributed by atoms with Crippen molar-refractivity contribution in [1.29, 1.82) is 0 Å². The second-order valence-corrected chi connectivity index (χ2v) is 5.34. The van der Waals surface area contributed by atoms with E-state index in [2.05, 4.69) is 36.7 Å². The summed E-state index contributed by atoms with van der Waals surface area (Å²) in [6.07, 6.45) is 1.75. The Morgan fingerprint density at radius 2 is 2.17 bits per heavy atom. The molecule has 1 rings (SSSR count). The molecule has 4 heteroatoms. The fraction of sp³-hybridized carbons (Fsp3) is 0.643. The number of rotatable bonds is 7. The van der Waals surface area contributed by atoms with Gasteiger partial charge in [0.05, 0.1) is 7.11 Å². The Bertz CT molecular complexity index is 366. The highest BCUT2D eigenvalue weighted by molar-refractivity contribution is 5.25. The fourth-order valence-corrected chi connectivity index (χ4v) is 1.92. The average Bonchev–Trinajstić information content (AvgIpc) is 2.38. The fourth-order valence-electron chi connectivity index (χ4n) is 1.92. The molecule has 0 aliphatic carbocycles. The van der Waals surface area contributed by atoms with Crippen LogP contribution in [0.4, 0.5) is 0 Å². The number of methoxy groups -OCH3 is 1. The molecular weight excluding hydrogens is 226 g/mol. The van der Waals surface area contributed by atoms with Crippen molar-refractivity contribution in [2.24, 2.45) is 11.1 Å². The van der Waals surface area contributed by atoms with Crippen molar-refractivity contribution in [2.45, 2.75) is 27.3 Å². The summed E-state index contributed by atoms with van der Waals surface area (Å²) < 4.78 is 5.28. The van der Waals surface area contributed by atoms with E-state index in [1.165, 1.54) is 0 Å². The largest absolute Gasteiger partial charge is 0.481 e. The van der Waals surface area contributed by atoms with Crippen molar-refractivity contribution in [3.63, 3.8) is 0 Å². The second-order valence-electron chi connectivity index (χ2n) is 5.34. The molecule has 0 amide bonds. The van der Waals surface area contributed by atoms with E-state index in [9.17, 15) is 0 Å². The van der Waals surface area contributed by atoms with E-state index in [4.69, 9.17) is 10.5 Å². The van der Waals surface area contributed by atoms with Crippen LogP contribution in [-0.4, -0.2) is 36.6 Å². The van der Waals surface area contributed by atoms with E-state index in [1.54, 1.807) is 13.3 Å². The van der Waals surface area contributed by atoms with Crippen LogP contribution in [0.25, 0.3) is 0 Å². The first-order chi connectivity index (χ1) is 8.52. The van der Waals surface area contributed by atoms with Crippen LogP contribution in [0.3, 0.4) is 0 Å². The second kappa shape index (κ2) is 6.71. The van der Waals surface area contributed by atoms with Gasteiger partial charge in [0.1, 0.15) is 0 Å². The van der Waals surface area contributed by atoms with E-state index in [0.717, 1.165) is 25.2 Å². The van der Waals surface area contributed by atoms with Crippen LogP contribution in [0.2, 0.25) is 0 Å². The van der Waals surface area contributed by atoms with Gasteiger partial charge in [-0.2, -0.15) is 0 Å². The summed E-state index contributed by atoms with van der Waals surface area (Å²) in [5, 5.41) is 0. The molecule has 0 atom stereocenters. The molecule has 102 valence electrons. The van der Waals surface area contributed by atoms with E-state index in [1.807, 2.05) is 6.07 Å². The molecule has 18 heavy (non-hydrogen) atoms. The van der Waals surface area contributed by atoms with Crippen LogP contribution in [0.15, 0.2) is 18.3 Å². The quantitative estimate of drug-likeness (QED) is 0.804. The van der Waals surface area contributed by atoms with Gasteiger partial charge in [-0.1, -0.05) is 26.8 Å². The third kappa shape index (κ3) is 4.27. The highest BCUT2D eigenvalue weighted by Crippen LogP contribution is 2.20. The van der Waals surface area contributed by atoms with Crippen LogP contribution >= 0.6 is 0 Å². The van der Waals surface area contributed by atoms with Crippen LogP contribution in [-0.2, 0) is 6.54 Å². The maximum atomic E-state index is 5.80. The number of nitrogens with two attached hydrogens (primary N) is 1. The Labute approximate surface area is 110 Å². The summed E-state index contributed by atoms with van der Waals surface area (Å²) in [6, 6.07) is 4.00. The predicted octanol–water partition coefficient (Wildman–Crippen LogP) is 1.90. The van der Waals surface area contributed by atoms with E-state index >= 15 is 0 Å². The normalized spacial score (nSPS) is 11.9. The molecule has 0 aliphatic heterocycles. The van der Waals surface area contributed by atoms with Gasteiger partial charge in [-0.05, 0) is 24.6 Å². The highest BCUT2D eigenvalue weighted by atomic mass is 16.5. The van der Waals surface area contributed by atoms with Gasteiger partial charge in [0, 0.05) is 24.8 Å². The first kappa shape index (κ1) is 14.9. The Balaban J connectivity index is 2.74. The SMILES string of the molecule is CCN(Cc1cccnc1OC)CC(C)(C)CN. The molecule has 1 aromatic rings. The van der Waals surface area contributed by atoms with Crippen LogP contribution in [0.1, 0.15) is 26.3 Å². The Morgan fingerprint density at radius 3 is 2.72 bits per heavy atom. The number of hydrogen-bond donors (Lipinski definition) is 1. The van der Waals surface area contributed by atoms with Gasteiger partial charge in [-0.15, -0.1) is 0 Å². The molecule has 0 radical (unpaired) electrons. The zero-order valence-electron chi connectivity index (χ0n) is 11.9. The molecule has 1 heterocycles. The summed E-state index contributed by atoms with van der Waals surface area (Å²) in [6.45, 7) is 10.0. The first-order valence-electron chi connectivity index (χ1n) is 6.42. The van der Waals surface area contributed by atoms with Gasteiger partial charge in [-0.25, -0.2) is 4.98 Å². The minimum absolute atomic E-state index is 0.130. The molecule has 2 N–H and O–H groups in total. The Morgan fingerprint density at radius 1 is 1.44 bits per heavy atom. The first-order valence-corrected chi connectivity index (χ1v) is 6.42. The van der Waals surface area contributed by atoms with Gasteiger partial charge in [0.15, 0.2) is 0 Å². The van der Waals surface area contributed by atoms with Gasteiger partial charge < -0.3 is 10.5 Å². The van der Waals surface area contributed by atoms with Crippen molar-refractivity contribution in [3.8, 4) is 5.88 Å². The molecule has 0 aromatic carbocycles. The molecule has 4 nitrogen and oxygen atoms in total. The Kier molecular flexibility index (Phi) is 5.56. The average molecular weight is 251 g/mol. The lowest BCUT2D eigenvalue weighted by Crippen LogP contribution is -2.38. The zero-order chi connectivity index (χ0) is 13.6. The summed E-state index contributed by atoms with van der Waals surface area (Å²) in [4.78, 5) is 6.60. The van der Waals surface area contributed by atoms with Crippen LogP contribution in [0.5, 0.6) is 5.88 Å². The Hall–Kier alpha value is -1.13. The van der Waals surface area contributed by atoms with Crippen LogP contribution < -0.4 is 10.5 Å². The smallest absolute Gasteiger partial charge is 0.217 e. The third-order valence-corrected chi connectivity index (χ3v) is 3.09. The van der Waals surface area contributed by atoms with E-state index in [-0.39, 0.29) is 5.41 Å². The molecule has 0 saturated carbocycles. The maximum absolute atomic E-state index is 5.80. The maximum Gasteiger partial charge on any atom is 0.217 e. The monoisotopic (exact) mass is 251 g/mol. The van der Waals surface area contributed by atoms with Gasteiger partial charge >= 0.3 is 0 Å². The highest BCUT2D eigenvalue weighted by Gasteiger charge is 2.20. The molecule has 0 unspecified atom stereocenters. The molecular formula is C14H25N3O. The summed E-state index contributed by atoms with van der Waals surface area (Å²) >= 11 is 0. The topological polar surface area (TPSA) is 51.4 Å². The van der Waals surface area contributed by atoms with Crippen LogP contribution in [0, 0.1) is 5.41 Å². The van der Waals surface area contributed by atoms with Gasteiger partial charge in [0.2, 0.25) is 5.88 Å². The van der Waals surface area contributed by atoms with Crippen molar-refractivity contribution < 1.29 is 4.74 Å². The minimum atomic E-state index is 0.130. The van der Waals surface area contributed by atoms with Crippen molar-refractivity contribution in [3.05, 3.63) is 23.9 Å². The lowest BCUT2D eigenvalue weighted by molar-refractivity contribution is 0.181. The molecule has 0 fully saturated rings. The standard InChI is InChI=1S/C14H25N3O/c1-5-17(11-14(2,3)10-15)9-12-7-6-8-16-13(12)18-4/h6-8H,5,9-11,15H2,1-4H3. The lowest BCUT2D eigenvalue weighted by Gasteiger charge is -2.31. The summed E-state index contributed by atoms with van der Waals surface area (Å²) in [5.74, 6) is 0.710. The van der Waals surface area contributed by atoms with E-state index < -0.39 is 0 Å². The molecule has 0 bridgehead atoms. The number of aromatic nitrogens is 1.